The lowest BCUT2D eigenvalue weighted by Gasteiger charge is -2.34. The maximum Gasteiger partial charge on any atom is 0.407 e. The zero-order chi connectivity index (χ0) is 12.8. The Bertz CT molecular complexity index is 281. The molecule has 1 rings (SSSR count). The summed E-state index contributed by atoms with van der Waals surface area (Å²) in [6.45, 7) is 4.36. The molecule has 0 unspecified atom stereocenters. The lowest BCUT2D eigenvalue weighted by atomic mass is 9.78. The molecule has 0 spiro atoms. The van der Waals surface area contributed by atoms with Crippen LogP contribution in [0.3, 0.4) is 0 Å². The van der Waals surface area contributed by atoms with E-state index in [9.17, 15) is 9.59 Å². The fraction of sp³-hybridized carbons (Fsp3) is 0.833. The van der Waals surface area contributed by atoms with Crippen LogP contribution in [0.4, 0.5) is 4.79 Å². The molecule has 2 amide bonds. The second-order valence-corrected chi connectivity index (χ2v) is 4.79. The molecule has 17 heavy (non-hydrogen) atoms. The molecule has 5 heteroatoms. The van der Waals surface area contributed by atoms with E-state index in [1.54, 1.807) is 0 Å². The molecule has 3 atom stereocenters. The van der Waals surface area contributed by atoms with Gasteiger partial charge in [0.15, 0.2) is 0 Å². The lowest BCUT2D eigenvalue weighted by Crippen LogP contribution is -2.47. The van der Waals surface area contributed by atoms with Gasteiger partial charge in [-0.15, -0.1) is 0 Å². The second kappa shape index (κ2) is 6.47. The normalized spacial score (nSPS) is 28.3. The first kappa shape index (κ1) is 13.8. The van der Waals surface area contributed by atoms with Gasteiger partial charge in [0.05, 0.1) is 7.11 Å². The second-order valence-electron chi connectivity index (χ2n) is 4.79. The van der Waals surface area contributed by atoms with Gasteiger partial charge in [-0.2, -0.15) is 0 Å². The zero-order valence-electron chi connectivity index (χ0n) is 10.8. The fourth-order valence-electron chi connectivity index (χ4n) is 2.27. The van der Waals surface area contributed by atoms with Crippen LogP contribution in [0.25, 0.3) is 0 Å². The smallest absolute Gasteiger partial charge is 0.407 e. The summed E-state index contributed by atoms with van der Waals surface area (Å²) in [4.78, 5) is 22.4. The van der Waals surface area contributed by atoms with Gasteiger partial charge in [0, 0.05) is 6.04 Å². The number of hydrogen-bond acceptors (Lipinski definition) is 3. The molecule has 0 radical (unpaired) electrons. The molecule has 0 aromatic carbocycles. The van der Waals surface area contributed by atoms with E-state index in [0.717, 1.165) is 12.8 Å². The summed E-state index contributed by atoms with van der Waals surface area (Å²) in [6, 6.07) is 0.227. The van der Waals surface area contributed by atoms with Crippen LogP contribution < -0.4 is 10.6 Å². The highest BCUT2D eigenvalue weighted by Gasteiger charge is 2.27. The van der Waals surface area contributed by atoms with Crippen molar-refractivity contribution in [2.45, 2.75) is 39.2 Å². The lowest BCUT2D eigenvalue weighted by molar-refractivity contribution is -0.121. The van der Waals surface area contributed by atoms with Crippen molar-refractivity contribution < 1.29 is 14.3 Å². The van der Waals surface area contributed by atoms with Gasteiger partial charge in [-0.1, -0.05) is 26.7 Å². The third kappa shape index (κ3) is 4.24. The standard InChI is InChI=1S/C12H22N2O3/c1-8-5-4-6-10(9(8)2)14-11(15)7-13-12(16)17-3/h8-10H,4-7H2,1-3H3,(H,13,16)(H,14,15)/t8-,9+,10+/m0/s1. The summed E-state index contributed by atoms with van der Waals surface area (Å²) < 4.78 is 4.40. The van der Waals surface area contributed by atoms with Crippen LogP contribution in [-0.4, -0.2) is 31.7 Å². The van der Waals surface area contributed by atoms with E-state index in [-0.39, 0.29) is 18.5 Å². The highest BCUT2D eigenvalue weighted by molar-refractivity contribution is 5.82. The molecule has 0 bridgehead atoms. The molecule has 1 aliphatic rings. The average Bonchev–Trinajstić information content (AvgIpc) is 2.32. The topological polar surface area (TPSA) is 67.4 Å². The summed E-state index contributed by atoms with van der Waals surface area (Å²) in [5.74, 6) is 0.981. The molecule has 1 saturated carbocycles. The van der Waals surface area contributed by atoms with Gasteiger partial charge in [0.1, 0.15) is 6.54 Å². The van der Waals surface area contributed by atoms with Crippen molar-refractivity contribution in [3.05, 3.63) is 0 Å². The molecular weight excluding hydrogens is 220 g/mol. The highest BCUT2D eigenvalue weighted by atomic mass is 16.5. The molecule has 0 aliphatic heterocycles. The predicted octanol–water partition coefficient (Wildman–Crippen LogP) is 1.28. The first-order valence-corrected chi connectivity index (χ1v) is 6.15. The van der Waals surface area contributed by atoms with E-state index < -0.39 is 6.09 Å². The molecule has 5 nitrogen and oxygen atoms in total. The van der Waals surface area contributed by atoms with Gasteiger partial charge in [0.2, 0.25) is 5.91 Å². The number of amides is 2. The van der Waals surface area contributed by atoms with Crippen LogP contribution in [0.2, 0.25) is 0 Å². The highest BCUT2D eigenvalue weighted by Crippen LogP contribution is 2.29. The Morgan fingerprint density at radius 2 is 2.00 bits per heavy atom. The van der Waals surface area contributed by atoms with Crippen molar-refractivity contribution in [2.24, 2.45) is 11.8 Å². The monoisotopic (exact) mass is 242 g/mol. The number of ether oxygens (including phenoxy) is 1. The summed E-state index contributed by atoms with van der Waals surface area (Å²) in [5, 5.41) is 5.34. The summed E-state index contributed by atoms with van der Waals surface area (Å²) in [7, 11) is 1.28. The number of alkyl carbamates (subject to hydrolysis) is 1. The molecule has 0 aromatic rings. The van der Waals surface area contributed by atoms with E-state index in [4.69, 9.17) is 0 Å². The molecule has 1 aliphatic carbocycles. The molecule has 1 fully saturated rings. The first-order valence-electron chi connectivity index (χ1n) is 6.15. The van der Waals surface area contributed by atoms with Gasteiger partial charge >= 0.3 is 6.09 Å². The van der Waals surface area contributed by atoms with E-state index in [1.807, 2.05) is 0 Å². The SMILES string of the molecule is COC(=O)NCC(=O)N[C@@H]1CCC[C@H](C)[C@H]1C. The van der Waals surface area contributed by atoms with Crippen LogP contribution in [0, 0.1) is 11.8 Å². The van der Waals surface area contributed by atoms with Crippen molar-refractivity contribution >= 4 is 12.0 Å². The third-order valence-electron chi connectivity index (χ3n) is 3.63. The minimum atomic E-state index is -0.579. The Kier molecular flexibility index (Phi) is 5.25. The molecule has 2 N–H and O–H groups in total. The molecule has 98 valence electrons. The van der Waals surface area contributed by atoms with Crippen molar-refractivity contribution in [1.82, 2.24) is 10.6 Å². The largest absolute Gasteiger partial charge is 0.453 e. The van der Waals surface area contributed by atoms with Crippen LogP contribution in [0.1, 0.15) is 33.1 Å². The molecule has 0 aromatic heterocycles. The Morgan fingerprint density at radius 3 is 2.65 bits per heavy atom. The number of nitrogens with one attached hydrogen (secondary N) is 2. The minimum absolute atomic E-state index is 0.0235. The fourth-order valence-corrected chi connectivity index (χ4v) is 2.27. The zero-order valence-corrected chi connectivity index (χ0v) is 10.8. The number of rotatable bonds is 3. The summed E-state index contributed by atoms with van der Waals surface area (Å²) in [6.07, 6.45) is 2.83. The van der Waals surface area contributed by atoms with Crippen molar-refractivity contribution in [3.63, 3.8) is 0 Å². The summed E-state index contributed by atoms with van der Waals surface area (Å²) >= 11 is 0. The first-order chi connectivity index (χ1) is 8.04. The van der Waals surface area contributed by atoms with Crippen molar-refractivity contribution in [3.8, 4) is 0 Å². The van der Waals surface area contributed by atoms with Crippen LogP contribution in [0.15, 0.2) is 0 Å². The van der Waals surface area contributed by atoms with Gasteiger partial charge in [-0.25, -0.2) is 4.79 Å². The van der Waals surface area contributed by atoms with E-state index in [1.165, 1.54) is 13.5 Å². The molecule has 0 saturated heterocycles. The van der Waals surface area contributed by atoms with E-state index in [0.29, 0.717) is 11.8 Å². The third-order valence-corrected chi connectivity index (χ3v) is 3.63. The molecule has 0 heterocycles. The van der Waals surface area contributed by atoms with Gasteiger partial charge in [-0.05, 0) is 18.3 Å². The minimum Gasteiger partial charge on any atom is -0.453 e. The van der Waals surface area contributed by atoms with Gasteiger partial charge in [0.25, 0.3) is 0 Å². The summed E-state index contributed by atoms with van der Waals surface area (Å²) in [5.41, 5.74) is 0. The van der Waals surface area contributed by atoms with Gasteiger partial charge < -0.3 is 15.4 Å². The van der Waals surface area contributed by atoms with Crippen LogP contribution >= 0.6 is 0 Å². The Morgan fingerprint density at radius 1 is 1.29 bits per heavy atom. The number of carbonyl (C=O) groups is 2. The maximum absolute atomic E-state index is 11.6. The average molecular weight is 242 g/mol. The Hall–Kier alpha value is -1.26. The number of carbonyl (C=O) groups excluding carboxylic acids is 2. The Labute approximate surface area is 102 Å². The maximum atomic E-state index is 11.6. The Balaban J connectivity index is 2.32. The van der Waals surface area contributed by atoms with Crippen molar-refractivity contribution in [1.29, 1.82) is 0 Å². The number of hydrogen-bond donors (Lipinski definition) is 2. The van der Waals surface area contributed by atoms with Gasteiger partial charge in [-0.3, -0.25) is 4.79 Å². The van der Waals surface area contributed by atoms with E-state index >= 15 is 0 Å². The molecular formula is C12H22N2O3. The predicted molar refractivity (Wildman–Crippen MR) is 64.5 cm³/mol. The van der Waals surface area contributed by atoms with Crippen LogP contribution in [-0.2, 0) is 9.53 Å². The van der Waals surface area contributed by atoms with Crippen LogP contribution in [0.5, 0.6) is 0 Å². The number of methoxy groups -OCH3 is 1. The van der Waals surface area contributed by atoms with Crippen molar-refractivity contribution in [2.75, 3.05) is 13.7 Å². The quantitative estimate of drug-likeness (QED) is 0.783. The van der Waals surface area contributed by atoms with E-state index in [2.05, 4.69) is 29.2 Å².